The molecule has 1 aromatic rings. The molecule has 1 N–H and O–H groups in total. The number of amides is 1. The van der Waals surface area contributed by atoms with E-state index in [9.17, 15) is 4.79 Å². The number of methoxy groups -OCH3 is 1. The molecule has 1 aromatic heterocycles. The number of piperazine rings is 1. The van der Waals surface area contributed by atoms with E-state index in [-0.39, 0.29) is 0 Å². The Balaban J connectivity index is 1.97. The molecule has 1 aliphatic heterocycles. The van der Waals surface area contributed by atoms with Gasteiger partial charge in [-0.25, -0.2) is 9.78 Å². The molecular formula is C11H15N3O3. The maximum absolute atomic E-state index is 10.8. The molecule has 6 nitrogen and oxygen atoms in total. The molecule has 0 unspecified atom stereocenters. The van der Waals surface area contributed by atoms with Crippen molar-refractivity contribution in [1.82, 2.24) is 9.88 Å². The normalized spacial score (nSPS) is 15.8. The lowest BCUT2D eigenvalue weighted by Crippen LogP contribution is -2.48. The monoisotopic (exact) mass is 237 g/mol. The molecule has 0 bridgehead atoms. The lowest BCUT2D eigenvalue weighted by atomic mass is 10.3. The number of nitrogens with zero attached hydrogens (tertiary/aromatic N) is 3. The van der Waals surface area contributed by atoms with Crippen LogP contribution in [0.1, 0.15) is 0 Å². The van der Waals surface area contributed by atoms with Crippen LogP contribution in [0.15, 0.2) is 18.3 Å². The third-order valence-electron chi connectivity index (χ3n) is 2.83. The number of aromatic nitrogens is 1. The largest absolute Gasteiger partial charge is 0.495 e. The maximum atomic E-state index is 10.8. The molecule has 0 saturated carbocycles. The average Bonchev–Trinajstić information content (AvgIpc) is 2.39. The number of pyridine rings is 1. The molecule has 1 aliphatic rings. The van der Waals surface area contributed by atoms with Gasteiger partial charge >= 0.3 is 6.09 Å². The van der Waals surface area contributed by atoms with Crippen molar-refractivity contribution < 1.29 is 14.6 Å². The first-order chi connectivity index (χ1) is 8.20. The SMILES string of the molecule is COc1ccc(N2CCN(C(=O)O)CC2)nc1. The molecule has 6 heteroatoms. The minimum Gasteiger partial charge on any atom is -0.495 e. The average molecular weight is 237 g/mol. The van der Waals surface area contributed by atoms with Crippen LogP contribution in [0.4, 0.5) is 10.6 Å². The van der Waals surface area contributed by atoms with E-state index in [0.717, 1.165) is 11.6 Å². The van der Waals surface area contributed by atoms with Gasteiger partial charge < -0.3 is 19.6 Å². The number of rotatable bonds is 2. The molecule has 2 heterocycles. The van der Waals surface area contributed by atoms with Crippen molar-refractivity contribution in [2.24, 2.45) is 0 Å². The minimum absolute atomic E-state index is 0.517. The first-order valence-electron chi connectivity index (χ1n) is 5.43. The number of hydrogen-bond donors (Lipinski definition) is 1. The molecule has 1 saturated heterocycles. The summed E-state index contributed by atoms with van der Waals surface area (Å²) in [7, 11) is 1.60. The van der Waals surface area contributed by atoms with Gasteiger partial charge in [0.15, 0.2) is 0 Å². The van der Waals surface area contributed by atoms with Gasteiger partial charge in [0, 0.05) is 26.2 Å². The molecule has 1 fully saturated rings. The Labute approximate surface area is 99.4 Å². The summed E-state index contributed by atoms with van der Waals surface area (Å²) < 4.78 is 5.04. The van der Waals surface area contributed by atoms with E-state index >= 15 is 0 Å². The second-order valence-electron chi connectivity index (χ2n) is 3.81. The van der Waals surface area contributed by atoms with Crippen LogP contribution in [-0.2, 0) is 0 Å². The van der Waals surface area contributed by atoms with Crippen LogP contribution >= 0.6 is 0 Å². The summed E-state index contributed by atoms with van der Waals surface area (Å²) in [5.41, 5.74) is 0. The second-order valence-corrected chi connectivity index (χ2v) is 3.81. The molecule has 2 rings (SSSR count). The van der Waals surface area contributed by atoms with Gasteiger partial charge in [0.05, 0.1) is 13.3 Å². The van der Waals surface area contributed by atoms with Crippen LogP contribution < -0.4 is 9.64 Å². The van der Waals surface area contributed by atoms with Gasteiger partial charge in [0.25, 0.3) is 0 Å². The Hall–Kier alpha value is -1.98. The number of carboxylic acid groups (broad SMARTS) is 1. The Morgan fingerprint density at radius 2 is 2.06 bits per heavy atom. The highest BCUT2D eigenvalue weighted by Gasteiger charge is 2.20. The number of ether oxygens (including phenoxy) is 1. The zero-order valence-electron chi connectivity index (χ0n) is 9.67. The summed E-state index contributed by atoms with van der Waals surface area (Å²) >= 11 is 0. The smallest absolute Gasteiger partial charge is 0.407 e. The Morgan fingerprint density at radius 3 is 2.53 bits per heavy atom. The molecule has 92 valence electrons. The van der Waals surface area contributed by atoms with Crippen LogP contribution in [0.5, 0.6) is 5.75 Å². The number of carbonyl (C=O) groups is 1. The van der Waals surface area contributed by atoms with E-state index in [0.29, 0.717) is 26.2 Å². The summed E-state index contributed by atoms with van der Waals surface area (Å²) in [6, 6.07) is 3.74. The van der Waals surface area contributed by atoms with Crippen LogP contribution in [-0.4, -0.2) is 54.4 Å². The fourth-order valence-corrected chi connectivity index (χ4v) is 1.81. The summed E-state index contributed by atoms with van der Waals surface area (Å²) in [6.45, 7) is 2.38. The number of anilines is 1. The van der Waals surface area contributed by atoms with Crippen molar-refractivity contribution in [3.63, 3.8) is 0 Å². The zero-order valence-corrected chi connectivity index (χ0v) is 9.67. The van der Waals surface area contributed by atoms with Crippen LogP contribution in [0.3, 0.4) is 0 Å². The molecular weight excluding hydrogens is 222 g/mol. The van der Waals surface area contributed by atoms with Crippen LogP contribution in [0.25, 0.3) is 0 Å². The van der Waals surface area contributed by atoms with Gasteiger partial charge in [0.2, 0.25) is 0 Å². The lowest BCUT2D eigenvalue weighted by Gasteiger charge is -2.33. The van der Waals surface area contributed by atoms with Crippen molar-refractivity contribution in [3.05, 3.63) is 18.3 Å². The molecule has 0 spiro atoms. The molecule has 17 heavy (non-hydrogen) atoms. The quantitative estimate of drug-likeness (QED) is 0.827. The first kappa shape index (κ1) is 11.5. The van der Waals surface area contributed by atoms with E-state index in [4.69, 9.17) is 9.84 Å². The van der Waals surface area contributed by atoms with Gasteiger partial charge in [-0.1, -0.05) is 0 Å². The standard InChI is InChI=1S/C11H15N3O3/c1-17-9-2-3-10(12-8-9)13-4-6-14(7-5-13)11(15)16/h2-3,8H,4-7H2,1H3,(H,15,16). The summed E-state index contributed by atoms with van der Waals surface area (Å²) in [6.07, 6.45) is 0.811. The Bertz CT molecular complexity index is 385. The van der Waals surface area contributed by atoms with E-state index in [1.807, 2.05) is 12.1 Å². The Kier molecular flexibility index (Phi) is 3.32. The van der Waals surface area contributed by atoms with Gasteiger partial charge in [-0.3, -0.25) is 0 Å². The zero-order chi connectivity index (χ0) is 12.3. The van der Waals surface area contributed by atoms with Crippen molar-refractivity contribution in [2.45, 2.75) is 0 Å². The fourth-order valence-electron chi connectivity index (χ4n) is 1.81. The highest BCUT2D eigenvalue weighted by molar-refractivity contribution is 5.65. The molecule has 1 amide bonds. The van der Waals surface area contributed by atoms with E-state index in [1.165, 1.54) is 4.90 Å². The summed E-state index contributed by atoms with van der Waals surface area (Å²) in [5, 5.41) is 8.84. The first-order valence-corrected chi connectivity index (χ1v) is 5.43. The fraction of sp³-hybridized carbons (Fsp3) is 0.455. The lowest BCUT2D eigenvalue weighted by molar-refractivity contribution is 0.142. The molecule has 0 atom stereocenters. The third-order valence-corrected chi connectivity index (χ3v) is 2.83. The van der Waals surface area contributed by atoms with E-state index < -0.39 is 6.09 Å². The van der Waals surface area contributed by atoms with Gasteiger partial charge in [-0.15, -0.1) is 0 Å². The topological polar surface area (TPSA) is 65.9 Å². The van der Waals surface area contributed by atoms with E-state index in [2.05, 4.69) is 9.88 Å². The third kappa shape index (κ3) is 2.58. The Morgan fingerprint density at radius 1 is 1.35 bits per heavy atom. The highest BCUT2D eigenvalue weighted by atomic mass is 16.5. The van der Waals surface area contributed by atoms with E-state index in [1.54, 1.807) is 13.3 Å². The van der Waals surface area contributed by atoms with Gasteiger partial charge in [-0.2, -0.15) is 0 Å². The van der Waals surface area contributed by atoms with Crippen molar-refractivity contribution in [3.8, 4) is 5.75 Å². The molecule has 0 radical (unpaired) electrons. The summed E-state index contributed by atoms with van der Waals surface area (Å²) in [5.74, 6) is 1.58. The second kappa shape index (κ2) is 4.90. The van der Waals surface area contributed by atoms with Gasteiger partial charge in [0.1, 0.15) is 11.6 Å². The van der Waals surface area contributed by atoms with Crippen molar-refractivity contribution >= 4 is 11.9 Å². The minimum atomic E-state index is -0.854. The van der Waals surface area contributed by atoms with Crippen molar-refractivity contribution in [1.29, 1.82) is 0 Å². The highest BCUT2D eigenvalue weighted by Crippen LogP contribution is 2.16. The number of hydrogen-bond acceptors (Lipinski definition) is 4. The predicted molar refractivity (Wildman–Crippen MR) is 62.6 cm³/mol. The predicted octanol–water partition coefficient (Wildman–Crippen LogP) is 0.890. The van der Waals surface area contributed by atoms with Crippen LogP contribution in [0.2, 0.25) is 0 Å². The molecule has 0 aromatic carbocycles. The molecule has 0 aliphatic carbocycles. The maximum Gasteiger partial charge on any atom is 0.407 e. The summed E-state index contributed by atoms with van der Waals surface area (Å²) in [4.78, 5) is 18.5. The van der Waals surface area contributed by atoms with Gasteiger partial charge in [-0.05, 0) is 12.1 Å². The van der Waals surface area contributed by atoms with Crippen molar-refractivity contribution in [2.75, 3.05) is 38.2 Å². The van der Waals surface area contributed by atoms with Crippen LogP contribution in [0, 0.1) is 0 Å².